The van der Waals surface area contributed by atoms with E-state index in [9.17, 15) is 14.9 Å². The number of esters is 1. The number of anilines is 1. The molecule has 22 heavy (non-hydrogen) atoms. The molecule has 0 aromatic heterocycles. The summed E-state index contributed by atoms with van der Waals surface area (Å²) in [4.78, 5) is 26.2. The van der Waals surface area contributed by atoms with Crippen LogP contribution in [0.1, 0.15) is 6.92 Å². The second-order valence-electron chi connectivity index (χ2n) is 4.45. The summed E-state index contributed by atoms with van der Waals surface area (Å²) >= 11 is 1.36. The zero-order chi connectivity index (χ0) is 16.1. The molecular weight excluding hydrogens is 300 g/mol. The van der Waals surface area contributed by atoms with Gasteiger partial charge < -0.3 is 9.64 Å². The Bertz CT molecular complexity index is 716. The first-order valence-corrected chi connectivity index (χ1v) is 7.37. The van der Waals surface area contributed by atoms with Gasteiger partial charge >= 0.3 is 5.97 Å². The smallest absolute Gasteiger partial charge is 0.330 e. The quantitative estimate of drug-likeness (QED) is 0.483. The Kier molecular flexibility index (Phi) is 5.02. The molecule has 0 N–H and O–H groups in total. The van der Waals surface area contributed by atoms with Crippen molar-refractivity contribution >= 4 is 29.2 Å². The van der Waals surface area contributed by atoms with Crippen LogP contribution in [0.15, 0.2) is 51.9 Å². The molecule has 112 valence electrons. The lowest BCUT2D eigenvalue weighted by molar-refractivity contribution is -0.142. The van der Waals surface area contributed by atoms with Crippen LogP contribution in [0.2, 0.25) is 0 Å². The number of hydrogen-bond donors (Lipinski definition) is 0. The van der Waals surface area contributed by atoms with Crippen molar-refractivity contribution in [2.45, 2.75) is 11.8 Å². The van der Waals surface area contributed by atoms with Gasteiger partial charge in [-0.3, -0.25) is 4.79 Å². The molecule has 1 heterocycles. The van der Waals surface area contributed by atoms with Gasteiger partial charge in [-0.05, 0) is 19.1 Å². The highest BCUT2D eigenvalue weighted by atomic mass is 32.2. The zero-order valence-electron chi connectivity index (χ0n) is 12.2. The Hall–Kier alpha value is -2.52. The van der Waals surface area contributed by atoms with Crippen molar-refractivity contribution in [2.75, 3.05) is 18.6 Å². The number of ketones is 1. The largest absolute Gasteiger partial charge is 0.454 e. The average molecular weight is 314 g/mol. The first kappa shape index (κ1) is 15.9. The normalized spacial score (nSPS) is 15.4. The first-order valence-electron chi connectivity index (χ1n) is 6.56. The summed E-state index contributed by atoms with van der Waals surface area (Å²) in [5.41, 5.74) is 0.936. The summed E-state index contributed by atoms with van der Waals surface area (Å²) in [5, 5.41) is 9.85. The Labute approximate surface area is 132 Å². The van der Waals surface area contributed by atoms with Gasteiger partial charge in [-0.15, -0.1) is 0 Å². The van der Waals surface area contributed by atoms with E-state index in [1.54, 1.807) is 18.9 Å². The number of allylic oxidation sites excluding steroid dienone is 1. The monoisotopic (exact) mass is 314 g/mol. The van der Waals surface area contributed by atoms with Crippen molar-refractivity contribution in [2.24, 2.45) is 0 Å². The van der Waals surface area contributed by atoms with E-state index in [-0.39, 0.29) is 5.57 Å². The highest BCUT2D eigenvalue weighted by Gasteiger charge is 2.28. The van der Waals surface area contributed by atoms with E-state index < -0.39 is 18.4 Å². The van der Waals surface area contributed by atoms with E-state index in [0.717, 1.165) is 10.6 Å². The lowest BCUT2D eigenvalue weighted by Crippen LogP contribution is -2.19. The number of ether oxygens (including phenoxy) is 1. The fourth-order valence-corrected chi connectivity index (χ4v) is 3.11. The molecule has 1 aliphatic rings. The molecule has 0 aliphatic carbocycles. The number of carbonyl (C=O) groups is 2. The highest BCUT2D eigenvalue weighted by Crippen LogP contribution is 2.45. The lowest BCUT2D eigenvalue weighted by Gasteiger charge is -2.14. The maximum atomic E-state index is 12.1. The topological polar surface area (TPSA) is 70.4 Å². The van der Waals surface area contributed by atoms with Gasteiger partial charge in [-0.2, -0.15) is 5.26 Å². The number of benzene rings is 1. The second kappa shape index (κ2) is 6.96. The number of carbonyl (C=O) groups excluding carboxylic acids is 2. The summed E-state index contributed by atoms with van der Waals surface area (Å²) < 4.78 is 4.81. The molecule has 0 fully saturated rings. The van der Waals surface area contributed by atoms with E-state index in [1.807, 2.05) is 30.3 Å². The summed E-state index contributed by atoms with van der Waals surface area (Å²) in [5.74, 6) is -1.11. The second-order valence-corrected chi connectivity index (χ2v) is 5.48. The summed E-state index contributed by atoms with van der Waals surface area (Å²) in [6.07, 6.45) is 2.74. The third kappa shape index (κ3) is 3.21. The molecule has 0 unspecified atom stereocenters. The van der Waals surface area contributed by atoms with E-state index in [2.05, 4.69) is 0 Å². The molecule has 1 aromatic rings. The van der Waals surface area contributed by atoms with Crippen LogP contribution in [-0.4, -0.2) is 25.4 Å². The van der Waals surface area contributed by atoms with Gasteiger partial charge in [0.25, 0.3) is 0 Å². The molecule has 2 rings (SSSR count). The summed E-state index contributed by atoms with van der Waals surface area (Å²) in [6, 6.07) is 9.56. The van der Waals surface area contributed by atoms with Crippen LogP contribution in [0.3, 0.4) is 0 Å². The van der Waals surface area contributed by atoms with Crippen molar-refractivity contribution in [3.8, 4) is 6.07 Å². The van der Waals surface area contributed by atoms with Crippen LogP contribution >= 0.6 is 11.8 Å². The van der Waals surface area contributed by atoms with E-state index in [1.165, 1.54) is 23.9 Å². The standard InChI is InChI=1S/C16H14N2O3S/c1-3-6-15(20)21-10-13(19)11(9-17)16-18(2)12-7-4-5-8-14(12)22-16/h3-8H,10H2,1-2H3/b6-3+,16-11-. The van der Waals surface area contributed by atoms with Crippen molar-refractivity contribution in [3.63, 3.8) is 0 Å². The van der Waals surface area contributed by atoms with Crippen LogP contribution in [0.25, 0.3) is 0 Å². The van der Waals surface area contributed by atoms with Gasteiger partial charge in [-0.25, -0.2) is 4.79 Å². The minimum absolute atomic E-state index is 0.00280. The van der Waals surface area contributed by atoms with E-state index in [4.69, 9.17) is 4.74 Å². The number of para-hydroxylation sites is 1. The fraction of sp³-hybridized carbons (Fsp3) is 0.188. The Balaban J connectivity index is 2.20. The highest BCUT2D eigenvalue weighted by molar-refractivity contribution is 8.03. The number of Topliss-reactive ketones (excluding diaryl/α,β-unsaturated/α-hetero) is 1. The number of hydrogen-bond acceptors (Lipinski definition) is 6. The van der Waals surface area contributed by atoms with E-state index in [0.29, 0.717) is 5.03 Å². The van der Waals surface area contributed by atoms with Crippen molar-refractivity contribution < 1.29 is 14.3 Å². The van der Waals surface area contributed by atoms with Gasteiger partial charge in [0.15, 0.2) is 6.61 Å². The zero-order valence-corrected chi connectivity index (χ0v) is 13.0. The molecule has 5 nitrogen and oxygen atoms in total. The summed E-state index contributed by atoms with van der Waals surface area (Å²) in [7, 11) is 1.80. The first-order chi connectivity index (χ1) is 10.6. The number of rotatable bonds is 4. The maximum Gasteiger partial charge on any atom is 0.330 e. The minimum atomic E-state index is -0.603. The fourth-order valence-electron chi connectivity index (χ4n) is 1.94. The number of fused-ring (bicyclic) bond motifs is 1. The lowest BCUT2D eigenvalue weighted by atomic mass is 10.2. The van der Waals surface area contributed by atoms with Crippen LogP contribution in [-0.2, 0) is 14.3 Å². The molecule has 0 radical (unpaired) electrons. The van der Waals surface area contributed by atoms with Gasteiger partial charge in [0.05, 0.1) is 5.69 Å². The molecule has 1 aromatic carbocycles. The molecule has 0 atom stereocenters. The molecule has 0 bridgehead atoms. The number of nitriles is 1. The van der Waals surface area contributed by atoms with Crippen molar-refractivity contribution in [1.29, 1.82) is 5.26 Å². The average Bonchev–Trinajstić information content (AvgIpc) is 2.84. The molecule has 1 aliphatic heterocycles. The third-order valence-corrected chi connectivity index (χ3v) is 4.23. The van der Waals surface area contributed by atoms with Crippen LogP contribution in [0.5, 0.6) is 0 Å². The predicted octanol–water partition coefficient (Wildman–Crippen LogP) is 2.65. The van der Waals surface area contributed by atoms with Gasteiger partial charge in [0, 0.05) is 18.0 Å². The molecule has 0 amide bonds. The Morgan fingerprint density at radius 1 is 1.41 bits per heavy atom. The number of thioether (sulfide) groups is 1. The van der Waals surface area contributed by atoms with Gasteiger partial charge in [0.2, 0.25) is 5.78 Å². The van der Waals surface area contributed by atoms with Gasteiger partial charge in [0.1, 0.15) is 16.7 Å². The third-order valence-electron chi connectivity index (χ3n) is 2.99. The molecule has 0 spiro atoms. The Morgan fingerprint density at radius 3 is 2.77 bits per heavy atom. The SMILES string of the molecule is C/C=C/C(=O)OCC(=O)/C(C#N)=C1\Sc2ccccc2N1C. The van der Waals surface area contributed by atoms with Crippen molar-refractivity contribution in [3.05, 3.63) is 47.0 Å². The van der Waals surface area contributed by atoms with Crippen LogP contribution in [0, 0.1) is 11.3 Å². The molecule has 0 saturated carbocycles. The number of nitrogens with zero attached hydrogens (tertiary/aromatic N) is 2. The maximum absolute atomic E-state index is 12.1. The Morgan fingerprint density at radius 2 is 2.14 bits per heavy atom. The molecule has 6 heteroatoms. The molecule has 0 saturated heterocycles. The van der Waals surface area contributed by atoms with Crippen LogP contribution < -0.4 is 4.90 Å². The van der Waals surface area contributed by atoms with Crippen molar-refractivity contribution in [1.82, 2.24) is 0 Å². The molecular formula is C16H14N2O3S. The van der Waals surface area contributed by atoms with Gasteiger partial charge in [-0.1, -0.05) is 30.0 Å². The van der Waals surface area contributed by atoms with E-state index >= 15 is 0 Å². The minimum Gasteiger partial charge on any atom is -0.454 e. The van der Waals surface area contributed by atoms with Crippen LogP contribution in [0.4, 0.5) is 5.69 Å². The predicted molar refractivity (Wildman–Crippen MR) is 84.1 cm³/mol. The summed E-state index contributed by atoms with van der Waals surface area (Å²) in [6.45, 7) is 1.23.